The minimum atomic E-state index is -0.187. The van der Waals surface area contributed by atoms with Crippen LogP contribution in [0.4, 0.5) is 0 Å². The summed E-state index contributed by atoms with van der Waals surface area (Å²) >= 11 is 6.17. The van der Waals surface area contributed by atoms with E-state index in [1.54, 1.807) is 18.3 Å². The van der Waals surface area contributed by atoms with Gasteiger partial charge in [0.1, 0.15) is 5.69 Å². The number of piperidine rings is 1. The third-order valence-corrected chi connectivity index (χ3v) is 5.60. The van der Waals surface area contributed by atoms with E-state index >= 15 is 0 Å². The molecular formula is C22H21ClN4O2. The number of aromatic amines is 1. The van der Waals surface area contributed by atoms with E-state index in [1.807, 2.05) is 41.3 Å². The van der Waals surface area contributed by atoms with E-state index in [9.17, 15) is 9.59 Å². The number of pyridine rings is 1. The van der Waals surface area contributed by atoms with Crippen LogP contribution in [0, 0.1) is 0 Å². The third-order valence-electron chi connectivity index (χ3n) is 5.23. The van der Waals surface area contributed by atoms with Crippen LogP contribution in [0.15, 0.2) is 59.5 Å². The number of likely N-dealkylation sites (tertiary alicyclic amines) is 1. The number of hydrogen-bond acceptors (Lipinski definition) is 4. The number of aromatic nitrogens is 3. The highest BCUT2D eigenvalue weighted by atomic mass is 35.5. The van der Waals surface area contributed by atoms with Crippen molar-refractivity contribution in [3.63, 3.8) is 0 Å². The van der Waals surface area contributed by atoms with Crippen LogP contribution < -0.4 is 5.56 Å². The zero-order valence-electron chi connectivity index (χ0n) is 15.8. The molecule has 1 aliphatic rings. The van der Waals surface area contributed by atoms with Gasteiger partial charge in [0.25, 0.3) is 5.56 Å². The van der Waals surface area contributed by atoms with E-state index < -0.39 is 0 Å². The number of H-pyrrole nitrogens is 1. The molecular weight excluding hydrogens is 388 g/mol. The van der Waals surface area contributed by atoms with E-state index in [0.717, 1.165) is 24.1 Å². The summed E-state index contributed by atoms with van der Waals surface area (Å²) in [6.07, 6.45) is 3.52. The van der Waals surface area contributed by atoms with E-state index in [0.29, 0.717) is 36.1 Å². The van der Waals surface area contributed by atoms with Gasteiger partial charge in [-0.05, 0) is 36.6 Å². The molecule has 7 heteroatoms. The van der Waals surface area contributed by atoms with Gasteiger partial charge in [-0.25, -0.2) is 4.98 Å². The summed E-state index contributed by atoms with van der Waals surface area (Å²) in [4.78, 5) is 38.3. The number of nitrogens with one attached hydrogen (secondary N) is 1. The van der Waals surface area contributed by atoms with Crippen molar-refractivity contribution in [3.8, 4) is 11.5 Å². The molecule has 1 aliphatic heterocycles. The molecule has 0 atom stereocenters. The van der Waals surface area contributed by atoms with Gasteiger partial charge < -0.3 is 9.88 Å². The maximum absolute atomic E-state index is 12.6. The van der Waals surface area contributed by atoms with Crippen molar-refractivity contribution in [3.05, 3.63) is 81.4 Å². The summed E-state index contributed by atoms with van der Waals surface area (Å²) in [6.45, 7) is 1.28. The molecule has 1 saturated heterocycles. The molecule has 0 spiro atoms. The summed E-state index contributed by atoms with van der Waals surface area (Å²) in [5.74, 6) is 0.694. The Labute approximate surface area is 173 Å². The van der Waals surface area contributed by atoms with E-state index in [2.05, 4.69) is 15.0 Å². The molecule has 0 aliphatic carbocycles. The van der Waals surface area contributed by atoms with Gasteiger partial charge >= 0.3 is 0 Å². The predicted molar refractivity (Wildman–Crippen MR) is 112 cm³/mol. The summed E-state index contributed by atoms with van der Waals surface area (Å²) in [6, 6.07) is 14.5. The lowest BCUT2D eigenvalue weighted by Crippen LogP contribution is -2.39. The predicted octanol–water partition coefficient (Wildman–Crippen LogP) is 3.43. The maximum Gasteiger partial charge on any atom is 0.251 e. The monoisotopic (exact) mass is 408 g/mol. The van der Waals surface area contributed by atoms with Gasteiger partial charge in [0.15, 0.2) is 5.82 Å². The first kappa shape index (κ1) is 19.3. The lowest BCUT2D eigenvalue weighted by atomic mass is 9.93. The molecule has 3 aromatic rings. The molecule has 0 saturated carbocycles. The van der Waals surface area contributed by atoms with Crippen LogP contribution in [0.25, 0.3) is 11.5 Å². The van der Waals surface area contributed by atoms with Crippen LogP contribution in [-0.2, 0) is 11.2 Å². The Morgan fingerprint density at radius 1 is 1.14 bits per heavy atom. The third kappa shape index (κ3) is 4.54. The molecule has 1 fully saturated rings. The second-order valence-corrected chi connectivity index (χ2v) is 7.56. The molecule has 0 unspecified atom stereocenters. The number of carbonyl (C=O) groups excluding carboxylic acids is 1. The fraction of sp³-hybridized carbons (Fsp3) is 0.273. The molecule has 148 valence electrons. The van der Waals surface area contributed by atoms with Gasteiger partial charge in [0, 0.05) is 36.3 Å². The quantitative estimate of drug-likeness (QED) is 0.717. The van der Waals surface area contributed by atoms with E-state index in [4.69, 9.17) is 11.6 Å². The fourth-order valence-electron chi connectivity index (χ4n) is 3.65. The van der Waals surface area contributed by atoms with Crippen molar-refractivity contribution in [2.75, 3.05) is 13.1 Å². The van der Waals surface area contributed by atoms with Crippen LogP contribution in [0.3, 0.4) is 0 Å². The van der Waals surface area contributed by atoms with Crippen molar-refractivity contribution in [1.29, 1.82) is 0 Å². The molecule has 1 N–H and O–H groups in total. The average Bonchev–Trinajstić information content (AvgIpc) is 2.75. The Hall–Kier alpha value is -2.99. The lowest BCUT2D eigenvalue weighted by Gasteiger charge is -2.32. The molecule has 2 aromatic heterocycles. The molecule has 29 heavy (non-hydrogen) atoms. The van der Waals surface area contributed by atoms with Crippen molar-refractivity contribution in [2.24, 2.45) is 0 Å². The van der Waals surface area contributed by atoms with E-state index in [1.165, 1.54) is 0 Å². The van der Waals surface area contributed by atoms with Gasteiger partial charge in [-0.15, -0.1) is 0 Å². The van der Waals surface area contributed by atoms with Crippen LogP contribution in [0.2, 0.25) is 5.02 Å². The second-order valence-electron chi connectivity index (χ2n) is 7.16. The zero-order valence-corrected chi connectivity index (χ0v) is 16.6. The minimum Gasteiger partial charge on any atom is -0.342 e. The molecule has 1 aromatic carbocycles. The largest absolute Gasteiger partial charge is 0.342 e. The second kappa shape index (κ2) is 8.57. The standard InChI is InChI=1S/C22H21ClN4O2/c23-17-6-2-1-5-16(17)13-21(29)27-11-8-15(9-12-27)19-14-20(28)26-22(25-19)18-7-3-4-10-24-18/h1-7,10,14-15H,8-9,11-13H2,(H,25,26,28). The maximum atomic E-state index is 12.6. The smallest absolute Gasteiger partial charge is 0.251 e. The first-order valence-electron chi connectivity index (χ1n) is 9.64. The Bertz CT molecular complexity index is 1060. The summed E-state index contributed by atoms with van der Waals surface area (Å²) in [5.41, 5.74) is 2.05. The van der Waals surface area contributed by atoms with Gasteiger partial charge in [-0.2, -0.15) is 0 Å². The van der Waals surface area contributed by atoms with Crippen LogP contribution in [0.1, 0.15) is 30.0 Å². The Morgan fingerprint density at radius 3 is 2.62 bits per heavy atom. The first-order chi connectivity index (χ1) is 14.1. The normalized spacial score (nSPS) is 14.7. The first-order valence-corrected chi connectivity index (χ1v) is 10.0. The number of rotatable bonds is 4. The van der Waals surface area contributed by atoms with Crippen LogP contribution in [-0.4, -0.2) is 38.8 Å². The molecule has 0 radical (unpaired) electrons. The van der Waals surface area contributed by atoms with Gasteiger partial charge in [0.05, 0.1) is 12.1 Å². The number of hydrogen-bond donors (Lipinski definition) is 1. The molecule has 0 bridgehead atoms. The minimum absolute atomic E-state index is 0.0737. The molecule has 3 heterocycles. The van der Waals surface area contributed by atoms with Crippen molar-refractivity contribution in [1.82, 2.24) is 19.9 Å². The number of amides is 1. The number of nitrogens with zero attached hydrogens (tertiary/aromatic N) is 3. The van der Waals surface area contributed by atoms with Gasteiger partial charge in [0.2, 0.25) is 5.91 Å². The number of halogens is 1. The molecule has 1 amide bonds. The van der Waals surface area contributed by atoms with Crippen LogP contribution in [0.5, 0.6) is 0 Å². The van der Waals surface area contributed by atoms with E-state index in [-0.39, 0.29) is 17.4 Å². The van der Waals surface area contributed by atoms with Crippen molar-refractivity contribution in [2.45, 2.75) is 25.2 Å². The average molecular weight is 409 g/mol. The number of carbonyl (C=O) groups is 1. The fourth-order valence-corrected chi connectivity index (χ4v) is 3.85. The van der Waals surface area contributed by atoms with Gasteiger partial charge in [-0.3, -0.25) is 14.6 Å². The van der Waals surface area contributed by atoms with Gasteiger partial charge in [-0.1, -0.05) is 35.9 Å². The van der Waals surface area contributed by atoms with Crippen LogP contribution >= 0.6 is 11.6 Å². The topological polar surface area (TPSA) is 79.0 Å². The lowest BCUT2D eigenvalue weighted by molar-refractivity contribution is -0.131. The highest BCUT2D eigenvalue weighted by Gasteiger charge is 2.25. The summed E-state index contributed by atoms with van der Waals surface area (Å²) in [5, 5.41) is 0.616. The molecule has 6 nitrogen and oxygen atoms in total. The Morgan fingerprint density at radius 2 is 1.90 bits per heavy atom. The Kier molecular flexibility index (Phi) is 5.71. The zero-order chi connectivity index (χ0) is 20.2. The summed E-state index contributed by atoms with van der Waals surface area (Å²) in [7, 11) is 0. The number of benzene rings is 1. The van der Waals surface area contributed by atoms with Crippen molar-refractivity contribution < 1.29 is 4.79 Å². The SMILES string of the molecule is O=C(Cc1ccccc1Cl)N1CCC(c2cc(=O)[nH]c(-c3ccccn3)n2)CC1. The Balaban J connectivity index is 1.43. The van der Waals surface area contributed by atoms with Crippen molar-refractivity contribution >= 4 is 17.5 Å². The highest BCUT2D eigenvalue weighted by molar-refractivity contribution is 6.31. The highest BCUT2D eigenvalue weighted by Crippen LogP contribution is 2.27. The molecule has 4 rings (SSSR count). The summed E-state index contributed by atoms with van der Waals surface area (Å²) < 4.78 is 0.